The van der Waals surface area contributed by atoms with E-state index in [1.807, 2.05) is 12.4 Å². The molecule has 2 N–H and O–H groups in total. The molecule has 61 heavy (non-hydrogen) atoms. The van der Waals surface area contributed by atoms with Gasteiger partial charge in [-0.25, -0.2) is 10.4 Å². The second-order valence-corrected chi connectivity index (χ2v) is 22.5. The van der Waals surface area contributed by atoms with Crippen molar-refractivity contribution in [3.63, 3.8) is 0 Å². The first kappa shape index (κ1) is 41.1. The minimum atomic E-state index is -0.892. The number of likely N-dealkylation sites (N-methyl/N-ethyl adjacent to an activating group) is 1. The van der Waals surface area contributed by atoms with Crippen LogP contribution in [0.5, 0.6) is 0 Å². The third-order valence-corrected chi connectivity index (χ3v) is 17.8. The molecule has 2 amide bonds. The quantitative estimate of drug-likeness (QED) is 0.213. The number of nitrogens with one attached hydrogen (secondary N) is 2. The first-order valence-electron chi connectivity index (χ1n) is 21.9. The second-order valence-electron chi connectivity index (χ2n) is 19.3. The summed E-state index contributed by atoms with van der Waals surface area (Å²) in [6, 6.07) is 8.98. The van der Waals surface area contributed by atoms with Crippen LogP contribution in [0.2, 0.25) is 11.1 Å². The van der Waals surface area contributed by atoms with Gasteiger partial charge in [0.05, 0.1) is 63.0 Å². The first-order valence-corrected chi connectivity index (χ1v) is 24.6. The van der Waals surface area contributed by atoms with Crippen molar-refractivity contribution in [2.45, 2.75) is 82.2 Å². The Balaban J connectivity index is 1.08. The van der Waals surface area contributed by atoms with Gasteiger partial charge < -0.3 is 29.2 Å². The Hall–Kier alpha value is -3.94. The highest BCUT2D eigenvalue weighted by Crippen LogP contribution is 2.57. The van der Waals surface area contributed by atoms with E-state index in [0.717, 1.165) is 96.5 Å². The Labute approximate surface area is 367 Å². The first-order chi connectivity index (χ1) is 29.3. The van der Waals surface area contributed by atoms with Gasteiger partial charge in [0.25, 0.3) is 0 Å². The van der Waals surface area contributed by atoms with Crippen LogP contribution >= 0.6 is 11.3 Å². The number of thiazole rings is 1. The molecule has 5 fully saturated rings. The number of esters is 1. The number of carbonyl (C=O) groups excluding carboxylic acids is 3. The zero-order chi connectivity index (χ0) is 42.3. The third-order valence-electron chi connectivity index (χ3n) is 14.1. The van der Waals surface area contributed by atoms with Gasteiger partial charge in [-0.3, -0.25) is 24.4 Å². The number of carbonyl (C=O) groups is 3. The molecule has 5 aliphatic heterocycles. The second kappa shape index (κ2) is 15.7. The van der Waals surface area contributed by atoms with E-state index in [4.69, 9.17) is 19.4 Å². The number of ether oxygens (including phenoxy) is 2. The number of hydrazine groups is 1. The van der Waals surface area contributed by atoms with Crippen LogP contribution in [-0.4, -0.2) is 133 Å². The van der Waals surface area contributed by atoms with Crippen molar-refractivity contribution in [3.8, 4) is 22.5 Å². The maximum atomic E-state index is 14.8. The summed E-state index contributed by atoms with van der Waals surface area (Å²) in [5.41, 5.74) is 9.18. The summed E-state index contributed by atoms with van der Waals surface area (Å²) in [6.07, 6.45) is 7.04. The number of hydrogen-bond acceptors (Lipinski definition) is 11. The molecule has 5 radical (unpaired) electrons. The summed E-state index contributed by atoms with van der Waals surface area (Å²) in [5, 5.41) is 8.44. The van der Waals surface area contributed by atoms with E-state index in [1.54, 1.807) is 16.3 Å². The lowest BCUT2D eigenvalue weighted by molar-refractivity contribution is -0.158. The lowest BCUT2D eigenvalue weighted by Gasteiger charge is -2.50. The molecule has 5 atom stereocenters. The maximum Gasteiger partial charge on any atom is 0.324 e. The molecule has 1 spiro atoms. The average molecular weight is 876 g/mol. The van der Waals surface area contributed by atoms with Crippen LogP contribution in [0.25, 0.3) is 33.4 Å². The predicted molar refractivity (Wildman–Crippen MR) is 237 cm³/mol. The summed E-state index contributed by atoms with van der Waals surface area (Å²) in [6.45, 7) is 13.3. The van der Waals surface area contributed by atoms with Crippen molar-refractivity contribution in [2.75, 3.05) is 64.5 Å². The summed E-state index contributed by atoms with van der Waals surface area (Å²) < 4.78 is 14.4. The fourth-order valence-corrected chi connectivity index (χ4v) is 12.8. The number of fused-ring (bicyclic) bond motifs is 6. The van der Waals surface area contributed by atoms with Crippen LogP contribution in [0.3, 0.4) is 0 Å². The number of rotatable bonds is 6. The van der Waals surface area contributed by atoms with Crippen molar-refractivity contribution in [1.82, 2.24) is 35.2 Å². The van der Waals surface area contributed by atoms with Gasteiger partial charge in [-0.15, -0.1) is 11.3 Å². The SMILES string of the molecule is C[C@H]1C[C@]1([Si])C(=O)NC1[Si]C[C@@]12Cc1nc(cs1)-c1ccc3c(c1)c(c(-c1cncc(N4CCN(C)CC4)c1)n3CC1COC1)CC(C)(C)COC(=O)[C@@H]1CCCN(N1)C2=O. The van der Waals surface area contributed by atoms with E-state index in [0.29, 0.717) is 53.7 Å². The van der Waals surface area contributed by atoms with Gasteiger partial charge in [0.1, 0.15) is 6.04 Å². The predicted octanol–water partition coefficient (Wildman–Crippen LogP) is 4.32. The van der Waals surface area contributed by atoms with E-state index < -0.39 is 21.9 Å². The number of benzene rings is 1. The van der Waals surface area contributed by atoms with Crippen molar-refractivity contribution >= 4 is 65.5 Å². The molecule has 319 valence electrons. The summed E-state index contributed by atoms with van der Waals surface area (Å²) >= 11 is 1.57. The number of pyridine rings is 1. The summed E-state index contributed by atoms with van der Waals surface area (Å²) in [4.78, 5) is 57.3. The van der Waals surface area contributed by atoms with E-state index in [2.05, 4.69) is 92.8 Å². The van der Waals surface area contributed by atoms with Crippen molar-refractivity contribution < 1.29 is 23.9 Å². The number of hydrogen-bond donors (Lipinski definition) is 2. The monoisotopic (exact) mass is 875 g/mol. The van der Waals surface area contributed by atoms with Gasteiger partial charge in [0.15, 0.2) is 0 Å². The number of anilines is 1. The van der Waals surface area contributed by atoms with Gasteiger partial charge in [-0.1, -0.05) is 26.8 Å². The van der Waals surface area contributed by atoms with Crippen LogP contribution < -0.4 is 15.6 Å². The average Bonchev–Trinajstić information content (AvgIpc) is 3.51. The molecule has 4 aromatic rings. The van der Waals surface area contributed by atoms with Gasteiger partial charge >= 0.3 is 5.97 Å². The standard InChI is InChI=1S/C45H55N8O5SSi2/c1-27-16-45(27,60)40(55)48-41-44(26-61-41)18-37-47-35(24-59-37)29-7-8-36-32(15-29)33(17-43(2,3)25-58-39(54)34-6-5-9-53(49-34)42(44)56)38(52(36)21-28-22-57-23-28)30-14-31(20-46-19-30)51-12-10-50(4)11-13-51/h7-8,14-15,19-20,24,27-28,34,41,49H,5-6,9-13,16-18,21-23,25-26H2,1-4H3,(H,48,55)/t27-,34-,41?,44-,45+/m0/s1. The van der Waals surface area contributed by atoms with Crippen LogP contribution in [0.15, 0.2) is 42.0 Å². The molecular formula is C45H55N8O5SSi2. The van der Waals surface area contributed by atoms with Gasteiger partial charge in [0.2, 0.25) is 11.8 Å². The van der Waals surface area contributed by atoms with E-state index in [9.17, 15) is 14.4 Å². The molecule has 3 aromatic heterocycles. The van der Waals surface area contributed by atoms with Crippen LogP contribution in [0.4, 0.5) is 5.69 Å². The normalized spacial score (nSPS) is 29.5. The summed E-state index contributed by atoms with van der Waals surface area (Å²) in [5.74, 6) is 0.119. The number of amides is 2. The van der Waals surface area contributed by atoms with E-state index in [-0.39, 0.29) is 36.0 Å². The van der Waals surface area contributed by atoms with Crippen LogP contribution in [-0.2, 0) is 43.2 Å². The smallest absolute Gasteiger partial charge is 0.324 e. The Morgan fingerprint density at radius 1 is 1.08 bits per heavy atom. The minimum absolute atomic E-state index is 0.0573. The maximum absolute atomic E-state index is 14.8. The van der Waals surface area contributed by atoms with Gasteiger partial charge in [-0.2, -0.15) is 0 Å². The number of piperazine rings is 1. The summed E-state index contributed by atoms with van der Waals surface area (Å²) in [7, 11) is 6.32. The van der Waals surface area contributed by atoms with E-state index in [1.165, 1.54) is 5.56 Å². The number of cyclic esters (lactones) is 1. The molecule has 1 unspecified atom stereocenters. The molecule has 10 rings (SSSR count). The van der Waals surface area contributed by atoms with Crippen molar-refractivity contribution in [2.24, 2.45) is 22.7 Å². The Kier molecular flexibility index (Phi) is 10.6. The Bertz CT molecular complexity index is 2380. The Morgan fingerprint density at radius 3 is 2.61 bits per heavy atom. The molecule has 16 heteroatoms. The molecule has 1 aromatic carbocycles. The molecule has 1 saturated carbocycles. The van der Waals surface area contributed by atoms with Gasteiger partial charge in [0, 0.05) is 112 Å². The lowest BCUT2D eigenvalue weighted by atomic mass is 9.82. The molecule has 6 aliphatic rings. The number of nitrogens with zero attached hydrogens (tertiary/aromatic N) is 6. The fraction of sp³-hybridized carbons (Fsp3) is 0.578. The lowest BCUT2D eigenvalue weighted by Crippen LogP contribution is -2.70. The van der Waals surface area contributed by atoms with Crippen LogP contribution in [0, 0.1) is 22.7 Å². The number of aromatic nitrogens is 3. The molecule has 13 nitrogen and oxygen atoms in total. The topological polar surface area (TPSA) is 134 Å². The van der Waals surface area contributed by atoms with Gasteiger partial charge in [-0.05, 0) is 68.5 Å². The molecule has 6 bridgehead atoms. The molecule has 4 saturated heterocycles. The Morgan fingerprint density at radius 2 is 1.89 bits per heavy atom. The molecular weight excluding hydrogens is 821 g/mol. The molecule has 1 aliphatic carbocycles. The third kappa shape index (κ3) is 7.58. The zero-order valence-corrected chi connectivity index (χ0v) is 38.4. The highest BCUT2D eigenvalue weighted by Gasteiger charge is 2.59. The highest BCUT2D eigenvalue weighted by atomic mass is 32.1. The van der Waals surface area contributed by atoms with E-state index >= 15 is 0 Å². The minimum Gasteiger partial charge on any atom is -0.464 e. The van der Waals surface area contributed by atoms with Crippen LogP contribution in [0.1, 0.15) is 50.6 Å². The highest BCUT2D eigenvalue weighted by molar-refractivity contribution is 7.10. The fourth-order valence-electron chi connectivity index (χ4n) is 9.87. The van der Waals surface area contributed by atoms with Crippen molar-refractivity contribution in [3.05, 3.63) is 52.6 Å². The molecule has 8 heterocycles. The zero-order valence-electron chi connectivity index (χ0n) is 35.6. The van der Waals surface area contributed by atoms with Crippen molar-refractivity contribution in [1.29, 1.82) is 0 Å². The largest absolute Gasteiger partial charge is 0.464 e.